The van der Waals surface area contributed by atoms with Crippen LogP contribution in [0.5, 0.6) is 0 Å². The van der Waals surface area contributed by atoms with Crippen LogP contribution < -0.4 is 0 Å². The smallest absolute Gasteiger partial charge is 0.238 e. The number of hydrogen-bond acceptors (Lipinski definition) is 4. The molecule has 4 aromatic heterocycles. The van der Waals surface area contributed by atoms with Gasteiger partial charge in [0.05, 0.1) is 33.5 Å². The number of benzene rings is 8. The molecule has 0 fully saturated rings. The van der Waals surface area contributed by atoms with Gasteiger partial charge in [0, 0.05) is 49.5 Å². The highest BCUT2D eigenvalue weighted by molar-refractivity contribution is 6.23. The van der Waals surface area contributed by atoms with E-state index in [0.717, 1.165) is 88.7 Å². The predicted molar refractivity (Wildman–Crippen MR) is 253 cm³/mol. The Kier molecular flexibility index (Phi) is 8.38. The van der Waals surface area contributed by atoms with Gasteiger partial charge in [-0.25, -0.2) is 9.97 Å². The fourth-order valence-corrected chi connectivity index (χ4v) is 8.91. The fourth-order valence-electron chi connectivity index (χ4n) is 8.91. The molecule has 0 atom stereocenters. The molecule has 0 saturated carbocycles. The minimum atomic E-state index is 0.540. The first-order chi connectivity index (χ1) is 30.7. The third-order valence-electron chi connectivity index (χ3n) is 11.8. The van der Waals surface area contributed by atoms with E-state index in [4.69, 9.17) is 19.9 Å². The molecule has 0 amide bonds. The van der Waals surface area contributed by atoms with Gasteiger partial charge >= 0.3 is 0 Å². The molecule has 0 unspecified atom stereocenters. The zero-order chi connectivity index (χ0) is 41.0. The van der Waals surface area contributed by atoms with Crippen molar-refractivity contribution in [2.45, 2.75) is 0 Å². The van der Waals surface area contributed by atoms with Crippen LogP contribution in [0.1, 0.15) is 0 Å². The van der Waals surface area contributed by atoms with E-state index < -0.39 is 0 Å². The molecule has 6 heteroatoms. The summed E-state index contributed by atoms with van der Waals surface area (Å²) in [6.07, 6.45) is 0. The van der Waals surface area contributed by atoms with Gasteiger partial charge in [-0.15, -0.1) is 0 Å². The second-order valence-electron chi connectivity index (χ2n) is 15.5. The first-order valence-electron chi connectivity index (χ1n) is 20.8. The highest BCUT2D eigenvalue weighted by Crippen LogP contribution is 2.42. The molecule has 0 bridgehead atoms. The predicted octanol–water partition coefficient (Wildman–Crippen LogP) is 13.8. The van der Waals surface area contributed by atoms with Gasteiger partial charge in [-0.05, 0) is 53.6 Å². The van der Waals surface area contributed by atoms with Crippen molar-refractivity contribution in [3.8, 4) is 68.1 Å². The van der Waals surface area contributed by atoms with E-state index in [1.54, 1.807) is 0 Å². The first kappa shape index (κ1) is 35.5. The Morgan fingerprint density at radius 2 is 0.742 bits per heavy atom. The Morgan fingerprint density at radius 1 is 0.274 bits per heavy atom. The van der Waals surface area contributed by atoms with Crippen molar-refractivity contribution in [2.24, 2.45) is 0 Å². The van der Waals surface area contributed by atoms with E-state index in [0.29, 0.717) is 17.6 Å². The molecule has 12 aromatic rings. The van der Waals surface area contributed by atoms with Crippen LogP contribution in [0.4, 0.5) is 0 Å². The van der Waals surface area contributed by atoms with E-state index in [1.165, 1.54) is 5.39 Å². The number of rotatable bonds is 7. The molecule has 6 nitrogen and oxygen atoms in total. The SMILES string of the molecule is c1ccc(-c2cc(-c3ccccc3)nc(-c3cccc(-c4nc(-c5ccccc5)nc(-n5c6ccccc6c6ccc7c8ccccc8n(-c8ccccc8)c7c65)n4)c3)c2)cc1. The number of fused-ring (bicyclic) bond motifs is 7. The number of para-hydroxylation sites is 3. The van der Waals surface area contributed by atoms with Gasteiger partial charge in [0.25, 0.3) is 0 Å². The van der Waals surface area contributed by atoms with Gasteiger partial charge in [-0.2, -0.15) is 9.97 Å². The fraction of sp³-hybridized carbons (Fsp3) is 0. The number of nitrogens with zero attached hydrogens (tertiary/aromatic N) is 6. The lowest BCUT2D eigenvalue weighted by Crippen LogP contribution is -2.07. The van der Waals surface area contributed by atoms with Crippen LogP contribution in [0.3, 0.4) is 0 Å². The largest absolute Gasteiger partial charge is 0.307 e. The van der Waals surface area contributed by atoms with Crippen LogP contribution in [0, 0.1) is 0 Å². The minimum Gasteiger partial charge on any atom is -0.307 e. The highest BCUT2D eigenvalue weighted by Gasteiger charge is 2.23. The zero-order valence-corrected chi connectivity index (χ0v) is 33.5. The summed E-state index contributed by atoms with van der Waals surface area (Å²) >= 11 is 0. The Labute approximate surface area is 357 Å². The molecule has 4 heterocycles. The quantitative estimate of drug-likeness (QED) is 0.161. The summed E-state index contributed by atoms with van der Waals surface area (Å²) < 4.78 is 4.62. The Hall–Kier alpha value is -8.48. The van der Waals surface area contributed by atoms with Crippen molar-refractivity contribution in [3.05, 3.63) is 218 Å². The molecular weight excluding hydrogens is 757 g/mol. The van der Waals surface area contributed by atoms with Gasteiger partial charge in [-0.1, -0.05) is 176 Å². The van der Waals surface area contributed by atoms with Crippen LogP contribution in [0.15, 0.2) is 218 Å². The lowest BCUT2D eigenvalue weighted by molar-refractivity contribution is 0.953. The van der Waals surface area contributed by atoms with Crippen molar-refractivity contribution >= 4 is 43.6 Å². The molecule has 0 aliphatic rings. The van der Waals surface area contributed by atoms with Crippen LogP contribution in [0.25, 0.3) is 112 Å². The summed E-state index contributed by atoms with van der Waals surface area (Å²) in [5.74, 6) is 1.70. The van der Waals surface area contributed by atoms with E-state index >= 15 is 0 Å². The van der Waals surface area contributed by atoms with Gasteiger partial charge in [0.1, 0.15) is 0 Å². The van der Waals surface area contributed by atoms with Crippen LogP contribution >= 0.6 is 0 Å². The minimum absolute atomic E-state index is 0.540. The second-order valence-corrected chi connectivity index (χ2v) is 15.5. The van der Waals surface area contributed by atoms with Crippen molar-refractivity contribution < 1.29 is 0 Å². The van der Waals surface area contributed by atoms with Gasteiger partial charge in [-0.3, -0.25) is 4.57 Å². The van der Waals surface area contributed by atoms with Crippen LogP contribution in [0.2, 0.25) is 0 Å². The molecule has 0 aliphatic carbocycles. The molecule has 290 valence electrons. The van der Waals surface area contributed by atoms with E-state index in [2.05, 4.69) is 197 Å². The second kappa shape index (κ2) is 14.7. The van der Waals surface area contributed by atoms with Crippen molar-refractivity contribution in [2.75, 3.05) is 0 Å². The highest BCUT2D eigenvalue weighted by atomic mass is 15.2. The average molecular weight is 793 g/mol. The summed E-state index contributed by atoms with van der Waals surface area (Å²) in [6, 6.07) is 76.1. The molecule has 0 spiro atoms. The van der Waals surface area contributed by atoms with E-state index in [1.807, 2.05) is 30.3 Å². The van der Waals surface area contributed by atoms with Gasteiger partial charge in [0.2, 0.25) is 5.95 Å². The topological polar surface area (TPSA) is 61.4 Å². The zero-order valence-electron chi connectivity index (χ0n) is 33.5. The number of pyridine rings is 1. The summed E-state index contributed by atoms with van der Waals surface area (Å²) in [5.41, 5.74) is 13.1. The lowest BCUT2D eigenvalue weighted by Gasteiger charge is -2.14. The number of aromatic nitrogens is 6. The van der Waals surface area contributed by atoms with E-state index in [9.17, 15) is 0 Å². The van der Waals surface area contributed by atoms with Crippen molar-refractivity contribution in [1.29, 1.82) is 0 Å². The average Bonchev–Trinajstić information content (AvgIpc) is 3.88. The third kappa shape index (κ3) is 5.96. The van der Waals surface area contributed by atoms with Crippen LogP contribution in [-0.2, 0) is 0 Å². The molecule has 0 N–H and O–H groups in total. The molecule has 0 radical (unpaired) electrons. The summed E-state index contributed by atoms with van der Waals surface area (Å²) in [6.45, 7) is 0. The maximum atomic E-state index is 5.41. The maximum Gasteiger partial charge on any atom is 0.238 e. The monoisotopic (exact) mass is 792 g/mol. The molecule has 62 heavy (non-hydrogen) atoms. The molecule has 0 aliphatic heterocycles. The molecule has 12 rings (SSSR count). The Bertz CT molecular complexity index is 3560. The maximum absolute atomic E-state index is 5.41. The summed E-state index contributed by atoms with van der Waals surface area (Å²) in [4.78, 5) is 21.2. The Morgan fingerprint density at radius 3 is 1.39 bits per heavy atom. The molecule has 8 aromatic carbocycles. The molecular formula is C56H36N6. The van der Waals surface area contributed by atoms with E-state index in [-0.39, 0.29) is 0 Å². The summed E-state index contributed by atoms with van der Waals surface area (Å²) in [7, 11) is 0. The van der Waals surface area contributed by atoms with Crippen molar-refractivity contribution in [3.63, 3.8) is 0 Å². The summed E-state index contributed by atoms with van der Waals surface area (Å²) in [5, 5.41) is 4.59. The van der Waals surface area contributed by atoms with Crippen molar-refractivity contribution in [1.82, 2.24) is 29.1 Å². The Balaban J connectivity index is 1.12. The normalized spacial score (nSPS) is 11.5. The first-order valence-corrected chi connectivity index (χ1v) is 20.8. The van der Waals surface area contributed by atoms with Gasteiger partial charge < -0.3 is 4.57 Å². The van der Waals surface area contributed by atoms with Gasteiger partial charge in [0.15, 0.2) is 11.6 Å². The number of hydrogen-bond donors (Lipinski definition) is 0. The third-order valence-corrected chi connectivity index (χ3v) is 11.8. The lowest BCUT2D eigenvalue weighted by atomic mass is 9.99. The van der Waals surface area contributed by atoms with Crippen LogP contribution in [-0.4, -0.2) is 29.1 Å². The molecule has 0 saturated heterocycles. The standard InChI is InChI=1S/C56H36N6/c1-5-18-37(19-6-1)42-35-48(38-20-7-2-8-21-38)57-49(36-42)40-24-17-25-41(34-40)55-58-54(39-22-9-3-10-23-39)59-56(60-55)62-51-31-16-14-29-45(51)47-33-32-46-44-28-13-15-30-50(44)61(52(46)53(47)62)43-26-11-4-12-27-43/h1-36H.